The molecule has 40 heavy (non-hydrogen) atoms. The molecule has 2 saturated heterocycles. The average Bonchev–Trinajstić information content (AvgIpc) is 3.50. The second-order valence-corrected chi connectivity index (χ2v) is 10.2. The molecule has 3 aromatic carbocycles. The third-order valence-corrected chi connectivity index (χ3v) is 7.38. The molecule has 9 nitrogen and oxygen atoms in total. The van der Waals surface area contributed by atoms with Crippen molar-refractivity contribution in [1.82, 2.24) is 5.32 Å². The molecular formula is C30H34ClN5O4. The van der Waals surface area contributed by atoms with Crippen molar-refractivity contribution >= 4 is 46.3 Å². The van der Waals surface area contributed by atoms with Crippen LogP contribution >= 0.6 is 11.6 Å². The van der Waals surface area contributed by atoms with Crippen LogP contribution in [0.2, 0.25) is 5.02 Å². The monoisotopic (exact) mass is 563 g/mol. The molecule has 10 heteroatoms. The number of anilines is 4. The summed E-state index contributed by atoms with van der Waals surface area (Å²) in [6.45, 7) is 4.19. The van der Waals surface area contributed by atoms with E-state index in [4.69, 9.17) is 21.1 Å². The number of hydrogen-bond acceptors (Lipinski definition) is 6. The van der Waals surface area contributed by atoms with Gasteiger partial charge in [0, 0.05) is 61.4 Å². The maximum absolute atomic E-state index is 13.4. The fourth-order valence-electron chi connectivity index (χ4n) is 5.12. The summed E-state index contributed by atoms with van der Waals surface area (Å²) in [6, 6.07) is 19.9. The number of carbonyl (C=O) groups excluding carboxylic acids is 2. The number of nitrogens with zero attached hydrogens (tertiary/aromatic N) is 2. The summed E-state index contributed by atoms with van der Waals surface area (Å²) in [7, 11) is 1.68. The van der Waals surface area contributed by atoms with Gasteiger partial charge in [-0.15, -0.1) is 0 Å². The van der Waals surface area contributed by atoms with Crippen LogP contribution in [0.3, 0.4) is 0 Å². The number of methoxy groups -OCH3 is 1. The number of piperazine rings is 1. The first-order valence-corrected chi connectivity index (χ1v) is 13.9. The Bertz CT molecular complexity index is 1340. The van der Waals surface area contributed by atoms with Crippen molar-refractivity contribution in [2.24, 2.45) is 0 Å². The van der Waals surface area contributed by atoms with Gasteiger partial charge in [-0.25, -0.2) is 4.79 Å². The van der Waals surface area contributed by atoms with Gasteiger partial charge in [0.05, 0.1) is 24.5 Å². The number of amides is 3. The number of benzene rings is 3. The molecule has 2 aliphatic rings. The summed E-state index contributed by atoms with van der Waals surface area (Å²) in [5.74, 6) is 0.646. The lowest BCUT2D eigenvalue weighted by molar-refractivity contribution is 0.0858. The van der Waals surface area contributed by atoms with E-state index in [2.05, 4.69) is 31.8 Å². The first kappa shape index (κ1) is 27.6. The van der Waals surface area contributed by atoms with Gasteiger partial charge in [-0.2, -0.15) is 0 Å². The predicted octanol–water partition coefficient (Wildman–Crippen LogP) is 5.23. The quantitative estimate of drug-likeness (QED) is 0.347. The van der Waals surface area contributed by atoms with E-state index in [0.29, 0.717) is 28.5 Å². The second kappa shape index (κ2) is 12.9. The smallest absolute Gasteiger partial charge is 0.323 e. The summed E-state index contributed by atoms with van der Waals surface area (Å²) in [5.41, 5.74) is 3.47. The molecule has 3 amide bonds. The van der Waals surface area contributed by atoms with Crippen molar-refractivity contribution in [3.8, 4) is 5.75 Å². The Balaban J connectivity index is 1.31. The third kappa shape index (κ3) is 6.78. The normalized spacial score (nSPS) is 16.9. The van der Waals surface area contributed by atoms with Crippen LogP contribution in [0.4, 0.5) is 27.5 Å². The summed E-state index contributed by atoms with van der Waals surface area (Å²) in [4.78, 5) is 30.6. The Morgan fingerprint density at radius 1 is 0.925 bits per heavy atom. The maximum atomic E-state index is 13.4. The fraction of sp³-hybridized carbons (Fsp3) is 0.333. The molecule has 210 valence electrons. The van der Waals surface area contributed by atoms with Crippen molar-refractivity contribution in [3.63, 3.8) is 0 Å². The molecule has 2 fully saturated rings. The first-order chi connectivity index (χ1) is 19.5. The van der Waals surface area contributed by atoms with E-state index in [1.165, 1.54) is 0 Å². The Labute approximate surface area is 239 Å². The number of hydrogen-bond donors (Lipinski definition) is 3. The number of rotatable bonds is 8. The average molecular weight is 564 g/mol. The molecule has 1 unspecified atom stereocenters. The lowest BCUT2D eigenvalue weighted by Crippen LogP contribution is -2.47. The van der Waals surface area contributed by atoms with E-state index in [-0.39, 0.29) is 12.0 Å². The van der Waals surface area contributed by atoms with Crippen LogP contribution in [0.5, 0.6) is 5.75 Å². The zero-order chi connectivity index (χ0) is 27.9. The number of halogens is 1. The van der Waals surface area contributed by atoms with E-state index in [9.17, 15) is 9.59 Å². The van der Waals surface area contributed by atoms with Crippen LogP contribution in [0.1, 0.15) is 23.2 Å². The molecule has 0 radical (unpaired) electrons. The highest BCUT2D eigenvalue weighted by atomic mass is 35.5. The molecule has 0 spiro atoms. The van der Waals surface area contributed by atoms with E-state index in [0.717, 1.165) is 62.8 Å². The topological polar surface area (TPSA) is 95.2 Å². The molecule has 3 aromatic rings. The molecule has 0 saturated carbocycles. The molecular weight excluding hydrogens is 530 g/mol. The highest BCUT2D eigenvalue weighted by molar-refractivity contribution is 6.30. The second-order valence-electron chi connectivity index (χ2n) is 9.81. The molecule has 2 heterocycles. The van der Waals surface area contributed by atoms with Crippen LogP contribution in [-0.4, -0.2) is 64.5 Å². The van der Waals surface area contributed by atoms with Crippen LogP contribution in [0.15, 0.2) is 66.7 Å². The van der Waals surface area contributed by atoms with Crippen LogP contribution in [0, 0.1) is 0 Å². The highest BCUT2D eigenvalue weighted by Crippen LogP contribution is 2.31. The minimum Gasteiger partial charge on any atom is -0.495 e. The number of carbonyl (C=O) groups is 2. The molecule has 2 aliphatic heterocycles. The van der Waals surface area contributed by atoms with E-state index in [1.54, 1.807) is 37.4 Å². The maximum Gasteiger partial charge on any atom is 0.323 e. The zero-order valence-corrected chi connectivity index (χ0v) is 23.2. The standard InChI is InChI=1S/C30H34ClN5O4/c1-39-28-10-3-2-9-27(28)36-15-13-35(14-16-36)26-12-11-23(34-30(38)33-22-7-4-6-21(31)18-22)19-25(26)29(37)32-20-24-8-5-17-40-24/h2-4,6-7,9-12,18-19,24H,5,8,13-17,20H2,1H3,(H,32,37)(H2,33,34,38). The van der Waals surface area contributed by atoms with Gasteiger partial charge in [-0.1, -0.05) is 29.8 Å². The van der Waals surface area contributed by atoms with Gasteiger partial charge in [0.2, 0.25) is 0 Å². The third-order valence-electron chi connectivity index (χ3n) is 7.14. The molecule has 5 rings (SSSR count). The number of ether oxygens (including phenoxy) is 2. The van der Waals surface area contributed by atoms with Gasteiger partial charge in [-0.05, 0) is 61.4 Å². The van der Waals surface area contributed by atoms with Gasteiger partial charge in [0.25, 0.3) is 5.91 Å². The number of nitrogens with one attached hydrogen (secondary N) is 3. The summed E-state index contributed by atoms with van der Waals surface area (Å²) >= 11 is 6.03. The van der Waals surface area contributed by atoms with Crippen LogP contribution < -0.4 is 30.5 Å². The Hall–Kier alpha value is -3.95. The summed E-state index contributed by atoms with van der Waals surface area (Å²) < 4.78 is 11.2. The minimum atomic E-state index is -0.425. The lowest BCUT2D eigenvalue weighted by atomic mass is 10.1. The molecule has 1 atom stereocenters. The van der Waals surface area contributed by atoms with Gasteiger partial charge in [-0.3, -0.25) is 4.79 Å². The predicted molar refractivity (Wildman–Crippen MR) is 159 cm³/mol. The number of urea groups is 1. The van der Waals surface area contributed by atoms with Crippen molar-refractivity contribution in [1.29, 1.82) is 0 Å². The van der Waals surface area contributed by atoms with Crippen LogP contribution in [0.25, 0.3) is 0 Å². The lowest BCUT2D eigenvalue weighted by Gasteiger charge is -2.38. The summed E-state index contributed by atoms with van der Waals surface area (Å²) in [6.07, 6.45) is 1.97. The van der Waals surface area contributed by atoms with E-state index < -0.39 is 6.03 Å². The van der Waals surface area contributed by atoms with E-state index >= 15 is 0 Å². The van der Waals surface area contributed by atoms with Crippen LogP contribution in [-0.2, 0) is 4.74 Å². The Morgan fingerprint density at radius 2 is 1.65 bits per heavy atom. The zero-order valence-electron chi connectivity index (χ0n) is 22.5. The highest BCUT2D eigenvalue weighted by Gasteiger charge is 2.25. The van der Waals surface area contributed by atoms with Crippen molar-refractivity contribution in [3.05, 3.63) is 77.3 Å². The van der Waals surface area contributed by atoms with Crippen molar-refractivity contribution in [2.45, 2.75) is 18.9 Å². The molecule has 0 aromatic heterocycles. The van der Waals surface area contributed by atoms with Gasteiger partial charge >= 0.3 is 6.03 Å². The SMILES string of the molecule is COc1ccccc1N1CCN(c2ccc(NC(=O)Nc3cccc(Cl)c3)cc2C(=O)NCC2CCCO2)CC1. The first-order valence-electron chi connectivity index (χ1n) is 13.5. The summed E-state index contributed by atoms with van der Waals surface area (Å²) in [5, 5.41) is 9.17. The number of para-hydroxylation sites is 2. The van der Waals surface area contributed by atoms with E-state index in [1.807, 2.05) is 30.3 Å². The van der Waals surface area contributed by atoms with Gasteiger partial charge < -0.3 is 35.2 Å². The minimum absolute atomic E-state index is 0.0292. The molecule has 0 aliphatic carbocycles. The fourth-order valence-corrected chi connectivity index (χ4v) is 5.31. The van der Waals surface area contributed by atoms with Crippen molar-refractivity contribution in [2.75, 3.05) is 66.9 Å². The Morgan fingerprint density at radius 3 is 2.35 bits per heavy atom. The van der Waals surface area contributed by atoms with Gasteiger partial charge in [0.1, 0.15) is 5.75 Å². The van der Waals surface area contributed by atoms with Crippen molar-refractivity contribution < 1.29 is 19.1 Å². The molecule has 0 bridgehead atoms. The Kier molecular flexibility index (Phi) is 8.93. The molecule has 3 N–H and O–H groups in total. The van der Waals surface area contributed by atoms with Gasteiger partial charge in [0.15, 0.2) is 0 Å². The largest absolute Gasteiger partial charge is 0.495 e.